The van der Waals surface area contributed by atoms with Crippen LogP contribution in [0.25, 0.3) is 11.8 Å². The van der Waals surface area contributed by atoms with Gasteiger partial charge in [-0.15, -0.1) is 0 Å². The summed E-state index contributed by atoms with van der Waals surface area (Å²) in [6.45, 7) is 2.27. The number of methoxy groups -OCH3 is 2. The lowest BCUT2D eigenvalue weighted by Crippen LogP contribution is -2.40. The zero-order valence-corrected chi connectivity index (χ0v) is 27.5. The van der Waals surface area contributed by atoms with Crippen LogP contribution in [0.3, 0.4) is 0 Å². The van der Waals surface area contributed by atoms with Crippen LogP contribution in [0, 0.1) is 0 Å². The lowest BCUT2D eigenvalue weighted by Gasteiger charge is -2.26. The highest BCUT2D eigenvalue weighted by Gasteiger charge is 2.35. The summed E-state index contributed by atoms with van der Waals surface area (Å²) in [4.78, 5) is 33.4. The van der Waals surface area contributed by atoms with E-state index in [0.29, 0.717) is 49.5 Å². The minimum atomic E-state index is -0.850. The number of hydrogen-bond donors (Lipinski definition) is 0. The SMILES string of the molecule is CCOC(=O)C1=C(c2ccccc2)N=c2s/c(=C/c3cccc(OCc4ccc(Cl)cc4)c3)c(=O)n2[C@@H]1c1ccc(OC)c(OC)c1. The van der Waals surface area contributed by atoms with Crippen LogP contribution >= 0.6 is 22.9 Å². The van der Waals surface area contributed by atoms with E-state index >= 15 is 0 Å². The van der Waals surface area contributed by atoms with Gasteiger partial charge in [-0.25, -0.2) is 9.79 Å². The molecule has 0 amide bonds. The van der Waals surface area contributed by atoms with Gasteiger partial charge in [-0.1, -0.05) is 83.6 Å². The summed E-state index contributed by atoms with van der Waals surface area (Å²) in [6.07, 6.45) is 1.81. The first kappa shape index (κ1) is 31.8. The predicted molar refractivity (Wildman–Crippen MR) is 183 cm³/mol. The Morgan fingerprint density at radius 3 is 2.43 bits per heavy atom. The minimum Gasteiger partial charge on any atom is -0.493 e. The van der Waals surface area contributed by atoms with Crippen LogP contribution in [-0.4, -0.2) is 31.4 Å². The molecule has 0 N–H and O–H groups in total. The molecule has 1 aliphatic rings. The Morgan fingerprint density at radius 1 is 0.936 bits per heavy atom. The maximum Gasteiger partial charge on any atom is 0.338 e. The Labute approximate surface area is 280 Å². The summed E-state index contributed by atoms with van der Waals surface area (Å²) in [5.41, 5.74) is 3.52. The molecule has 1 aliphatic heterocycles. The number of esters is 1. The third-order valence-electron chi connectivity index (χ3n) is 7.57. The number of thiazole rings is 1. The lowest BCUT2D eigenvalue weighted by atomic mass is 9.93. The first-order valence-electron chi connectivity index (χ1n) is 14.9. The fourth-order valence-corrected chi connectivity index (χ4v) is 6.50. The van der Waals surface area contributed by atoms with Gasteiger partial charge in [0.15, 0.2) is 16.3 Å². The summed E-state index contributed by atoms with van der Waals surface area (Å²) in [6, 6.07) is 28.9. The number of ether oxygens (including phenoxy) is 4. The molecular formula is C37H31ClN2O6S. The molecule has 0 aliphatic carbocycles. The Balaban J connectivity index is 1.50. The van der Waals surface area contributed by atoms with Crippen molar-refractivity contribution in [1.82, 2.24) is 4.57 Å². The first-order chi connectivity index (χ1) is 22.9. The maximum atomic E-state index is 14.3. The van der Waals surface area contributed by atoms with E-state index in [4.69, 9.17) is 35.5 Å². The molecule has 8 nitrogen and oxygen atoms in total. The number of carbonyl (C=O) groups is 1. The van der Waals surface area contributed by atoms with Crippen molar-refractivity contribution in [1.29, 1.82) is 0 Å². The quantitative estimate of drug-likeness (QED) is 0.165. The van der Waals surface area contributed by atoms with Gasteiger partial charge in [0.2, 0.25) is 0 Å². The Hall–Kier alpha value is -5.12. The molecule has 0 unspecified atom stereocenters. The van der Waals surface area contributed by atoms with Gasteiger partial charge in [-0.2, -0.15) is 0 Å². The van der Waals surface area contributed by atoms with Crippen LogP contribution in [0.1, 0.15) is 35.2 Å². The van der Waals surface area contributed by atoms with Crippen molar-refractivity contribution >= 4 is 40.7 Å². The molecule has 47 heavy (non-hydrogen) atoms. The van der Waals surface area contributed by atoms with Crippen LogP contribution < -0.4 is 29.1 Å². The van der Waals surface area contributed by atoms with Gasteiger partial charge in [0, 0.05) is 10.6 Å². The molecule has 0 radical (unpaired) electrons. The summed E-state index contributed by atoms with van der Waals surface area (Å²) in [5.74, 6) is 1.08. The summed E-state index contributed by atoms with van der Waals surface area (Å²) in [5, 5.41) is 0.663. The molecule has 0 saturated carbocycles. The van der Waals surface area contributed by atoms with Crippen LogP contribution in [0.2, 0.25) is 5.02 Å². The van der Waals surface area contributed by atoms with Crippen molar-refractivity contribution < 1.29 is 23.7 Å². The van der Waals surface area contributed by atoms with Crippen molar-refractivity contribution in [2.24, 2.45) is 4.99 Å². The third kappa shape index (κ3) is 6.72. The molecule has 238 valence electrons. The molecule has 0 fully saturated rings. The topological polar surface area (TPSA) is 88.4 Å². The largest absolute Gasteiger partial charge is 0.493 e. The standard InChI is InChI=1S/C37H31ClN2O6S/c1-4-45-36(42)32-33(25-10-6-5-7-11-25)39-37-40(34(32)26-15-18-29(43-2)30(21-26)44-3)35(41)31(47-37)20-24-9-8-12-28(19-24)46-22-23-13-16-27(38)17-14-23/h5-21,34H,4,22H2,1-3H3/b31-20+/t34-/m1/s1. The summed E-state index contributed by atoms with van der Waals surface area (Å²) >= 11 is 7.26. The average molecular weight is 667 g/mol. The highest BCUT2D eigenvalue weighted by Crippen LogP contribution is 2.38. The van der Waals surface area contributed by atoms with E-state index in [9.17, 15) is 9.59 Å². The number of carbonyl (C=O) groups excluding carboxylic acids is 1. The van der Waals surface area contributed by atoms with Gasteiger partial charge in [0.25, 0.3) is 5.56 Å². The zero-order valence-electron chi connectivity index (χ0n) is 25.9. The number of benzene rings is 4. The molecule has 0 bridgehead atoms. The van der Waals surface area contributed by atoms with E-state index in [1.54, 1.807) is 36.8 Å². The van der Waals surface area contributed by atoms with Crippen LogP contribution in [0.5, 0.6) is 17.2 Å². The van der Waals surface area contributed by atoms with E-state index in [1.165, 1.54) is 18.4 Å². The lowest BCUT2D eigenvalue weighted by molar-refractivity contribution is -0.138. The van der Waals surface area contributed by atoms with Crippen LogP contribution in [-0.2, 0) is 16.1 Å². The maximum absolute atomic E-state index is 14.3. The minimum absolute atomic E-state index is 0.157. The predicted octanol–water partition coefficient (Wildman–Crippen LogP) is 6.19. The number of rotatable bonds is 10. The third-order valence-corrected chi connectivity index (χ3v) is 8.81. The molecule has 2 heterocycles. The zero-order chi connectivity index (χ0) is 32.9. The molecule has 0 spiro atoms. The number of nitrogens with zero attached hydrogens (tertiary/aromatic N) is 2. The second kappa shape index (κ2) is 14.1. The Kier molecular flexibility index (Phi) is 9.56. The van der Waals surface area contributed by atoms with Crippen molar-refractivity contribution in [2.75, 3.05) is 20.8 Å². The summed E-state index contributed by atoms with van der Waals surface area (Å²) in [7, 11) is 3.09. The van der Waals surface area contributed by atoms with Crippen LogP contribution in [0.4, 0.5) is 0 Å². The highest BCUT2D eigenvalue weighted by atomic mass is 35.5. The van der Waals surface area contributed by atoms with Gasteiger partial charge < -0.3 is 18.9 Å². The molecule has 1 aromatic heterocycles. The second-order valence-electron chi connectivity index (χ2n) is 10.5. The average Bonchev–Trinajstić information content (AvgIpc) is 3.41. The Bertz CT molecular complexity index is 2140. The molecule has 1 atom stereocenters. The molecule has 0 saturated heterocycles. The Morgan fingerprint density at radius 2 is 1.70 bits per heavy atom. The molecular weight excluding hydrogens is 636 g/mol. The van der Waals surface area contributed by atoms with Crippen molar-refractivity contribution in [3.05, 3.63) is 150 Å². The van der Waals surface area contributed by atoms with E-state index in [0.717, 1.165) is 16.7 Å². The normalized spacial score (nSPS) is 14.3. The molecule has 5 aromatic rings. The van der Waals surface area contributed by atoms with Crippen molar-refractivity contribution in [3.8, 4) is 17.2 Å². The highest BCUT2D eigenvalue weighted by molar-refractivity contribution is 7.07. The number of hydrogen-bond acceptors (Lipinski definition) is 8. The van der Waals surface area contributed by atoms with Gasteiger partial charge >= 0.3 is 5.97 Å². The molecule has 10 heteroatoms. The molecule has 6 rings (SSSR count). The fourth-order valence-electron chi connectivity index (χ4n) is 5.37. The smallest absolute Gasteiger partial charge is 0.338 e. The number of halogens is 1. The monoisotopic (exact) mass is 666 g/mol. The first-order valence-corrected chi connectivity index (χ1v) is 16.1. The summed E-state index contributed by atoms with van der Waals surface area (Å²) < 4.78 is 24.7. The van der Waals surface area contributed by atoms with Crippen molar-refractivity contribution in [2.45, 2.75) is 19.6 Å². The van der Waals surface area contributed by atoms with Gasteiger partial charge in [-0.3, -0.25) is 9.36 Å². The van der Waals surface area contributed by atoms with Gasteiger partial charge in [0.1, 0.15) is 12.4 Å². The number of aromatic nitrogens is 1. The van der Waals surface area contributed by atoms with E-state index in [1.807, 2.05) is 84.9 Å². The molecule has 4 aromatic carbocycles. The van der Waals surface area contributed by atoms with Crippen molar-refractivity contribution in [3.63, 3.8) is 0 Å². The van der Waals surface area contributed by atoms with E-state index in [2.05, 4.69) is 0 Å². The second-order valence-corrected chi connectivity index (χ2v) is 12.0. The van der Waals surface area contributed by atoms with Gasteiger partial charge in [-0.05, 0) is 66.1 Å². The number of fused-ring (bicyclic) bond motifs is 1. The van der Waals surface area contributed by atoms with E-state index < -0.39 is 12.0 Å². The van der Waals surface area contributed by atoms with Gasteiger partial charge in [0.05, 0.1) is 42.7 Å². The fraction of sp³-hybridized carbons (Fsp3) is 0.162. The van der Waals surface area contributed by atoms with E-state index in [-0.39, 0.29) is 17.7 Å². The van der Waals surface area contributed by atoms with Crippen LogP contribution in [0.15, 0.2) is 112 Å².